The van der Waals surface area contributed by atoms with E-state index in [-0.39, 0.29) is 19.1 Å². The van der Waals surface area contributed by atoms with Crippen molar-refractivity contribution in [1.82, 2.24) is 4.98 Å². The summed E-state index contributed by atoms with van der Waals surface area (Å²) in [5, 5.41) is 4.36. The van der Waals surface area contributed by atoms with Crippen LogP contribution in [-0.4, -0.2) is 17.5 Å². The molecule has 0 aliphatic heterocycles. The van der Waals surface area contributed by atoms with E-state index in [1.807, 2.05) is 54.6 Å². The highest BCUT2D eigenvalue weighted by molar-refractivity contribution is 6.35. The number of pyridine rings is 1. The number of rotatable bonds is 7. The number of amides is 1. The molecule has 0 aliphatic carbocycles. The molecule has 0 saturated heterocycles. The number of halogens is 1. The molecule has 1 heterocycles. The van der Waals surface area contributed by atoms with Crippen LogP contribution in [0.15, 0.2) is 85.1 Å². The Balaban J connectivity index is 1.44. The molecule has 0 unspecified atom stereocenters. The van der Waals surface area contributed by atoms with Crippen LogP contribution in [0.1, 0.15) is 5.56 Å². The Hall–Kier alpha value is -3.57. The first-order valence-corrected chi connectivity index (χ1v) is 9.80. The Kier molecular flexibility index (Phi) is 6.11. The van der Waals surface area contributed by atoms with Gasteiger partial charge in [-0.3, -0.25) is 9.78 Å². The lowest BCUT2D eigenvalue weighted by molar-refractivity contribution is -0.118. The first kappa shape index (κ1) is 19.7. The van der Waals surface area contributed by atoms with E-state index < -0.39 is 0 Å². The number of carbonyl (C=O) groups excluding carboxylic acids is 1. The molecule has 1 N–H and O–H groups in total. The molecule has 5 nitrogen and oxygen atoms in total. The molecule has 1 aromatic heterocycles. The Labute approximate surface area is 179 Å². The number of benzene rings is 3. The van der Waals surface area contributed by atoms with E-state index in [0.29, 0.717) is 22.2 Å². The van der Waals surface area contributed by atoms with Crippen molar-refractivity contribution in [2.45, 2.75) is 6.61 Å². The van der Waals surface area contributed by atoms with Crippen LogP contribution >= 0.6 is 11.6 Å². The lowest BCUT2D eigenvalue weighted by Crippen LogP contribution is -2.20. The number of nitrogens with one attached hydrogen (secondary N) is 1. The molecule has 0 fully saturated rings. The van der Waals surface area contributed by atoms with E-state index in [2.05, 4.69) is 10.3 Å². The molecule has 0 aliphatic rings. The van der Waals surface area contributed by atoms with Crippen LogP contribution < -0.4 is 14.8 Å². The third-order valence-corrected chi connectivity index (χ3v) is 4.79. The topological polar surface area (TPSA) is 60.5 Å². The highest BCUT2D eigenvalue weighted by atomic mass is 35.5. The number of hydrogen-bond donors (Lipinski definition) is 1. The largest absolute Gasteiger partial charge is 0.487 e. The molecule has 4 aromatic rings. The number of ether oxygens (including phenoxy) is 2. The van der Waals surface area contributed by atoms with Crippen molar-refractivity contribution in [3.8, 4) is 11.5 Å². The van der Waals surface area contributed by atoms with E-state index in [9.17, 15) is 4.79 Å². The molecule has 4 rings (SSSR count). The van der Waals surface area contributed by atoms with E-state index >= 15 is 0 Å². The smallest absolute Gasteiger partial charge is 0.262 e. The van der Waals surface area contributed by atoms with Gasteiger partial charge in [-0.2, -0.15) is 0 Å². The maximum absolute atomic E-state index is 12.3. The predicted molar refractivity (Wildman–Crippen MR) is 118 cm³/mol. The summed E-state index contributed by atoms with van der Waals surface area (Å²) < 4.78 is 11.5. The third kappa shape index (κ3) is 4.70. The van der Waals surface area contributed by atoms with E-state index in [1.54, 1.807) is 30.5 Å². The summed E-state index contributed by atoms with van der Waals surface area (Å²) in [5.41, 5.74) is 2.27. The molecule has 30 heavy (non-hydrogen) atoms. The zero-order chi connectivity index (χ0) is 20.8. The van der Waals surface area contributed by atoms with Crippen molar-refractivity contribution in [2.75, 3.05) is 11.9 Å². The minimum Gasteiger partial charge on any atom is -0.487 e. The monoisotopic (exact) mass is 418 g/mol. The molecule has 0 atom stereocenters. The standard InChI is InChI=1S/C24H19ClN2O3/c25-20-13-12-17(24-19(20)9-6-14-26-24)15-30-22-11-5-4-10-21(22)27-23(28)16-29-18-7-2-1-3-8-18/h1-14H,15-16H2,(H,27,28). The van der Waals surface area contributed by atoms with Crippen molar-refractivity contribution < 1.29 is 14.3 Å². The van der Waals surface area contributed by atoms with Gasteiger partial charge in [-0.15, -0.1) is 0 Å². The van der Waals surface area contributed by atoms with E-state index in [1.165, 1.54) is 0 Å². The van der Waals surface area contributed by atoms with Crippen LogP contribution in [-0.2, 0) is 11.4 Å². The van der Waals surface area contributed by atoms with Gasteiger partial charge in [0.15, 0.2) is 6.61 Å². The maximum atomic E-state index is 12.3. The van der Waals surface area contributed by atoms with Gasteiger partial charge in [0.05, 0.1) is 11.2 Å². The fourth-order valence-corrected chi connectivity index (χ4v) is 3.23. The van der Waals surface area contributed by atoms with Gasteiger partial charge in [0.25, 0.3) is 5.91 Å². The number of carbonyl (C=O) groups is 1. The second-order valence-electron chi connectivity index (χ2n) is 6.54. The van der Waals surface area contributed by atoms with Crippen molar-refractivity contribution >= 4 is 34.1 Å². The van der Waals surface area contributed by atoms with Crippen molar-refractivity contribution in [2.24, 2.45) is 0 Å². The summed E-state index contributed by atoms with van der Waals surface area (Å²) in [7, 11) is 0. The quantitative estimate of drug-likeness (QED) is 0.431. The lowest BCUT2D eigenvalue weighted by atomic mass is 10.1. The summed E-state index contributed by atoms with van der Waals surface area (Å²) in [4.78, 5) is 16.7. The van der Waals surface area contributed by atoms with E-state index in [4.69, 9.17) is 21.1 Å². The van der Waals surface area contributed by atoms with Crippen molar-refractivity contribution in [3.63, 3.8) is 0 Å². The fourth-order valence-electron chi connectivity index (χ4n) is 3.02. The molecule has 0 radical (unpaired) electrons. The molecule has 150 valence electrons. The summed E-state index contributed by atoms with van der Waals surface area (Å²) in [5.74, 6) is 0.928. The third-order valence-electron chi connectivity index (χ3n) is 4.46. The van der Waals surface area contributed by atoms with Crippen LogP contribution in [0, 0.1) is 0 Å². The molecule has 0 spiro atoms. The lowest BCUT2D eigenvalue weighted by Gasteiger charge is -2.14. The first-order valence-electron chi connectivity index (χ1n) is 9.42. The first-order chi connectivity index (χ1) is 14.7. The highest BCUT2D eigenvalue weighted by Gasteiger charge is 2.11. The number of nitrogens with zero attached hydrogens (tertiary/aromatic N) is 1. The zero-order valence-corrected chi connectivity index (χ0v) is 16.8. The number of hydrogen-bond acceptors (Lipinski definition) is 4. The molecular formula is C24H19ClN2O3. The number of aromatic nitrogens is 1. The molecule has 0 saturated carbocycles. The van der Waals surface area contributed by atoms with E-state index in [0.717, 1.165) is 16.5 Å². The normalized spacial score (nSPS) is 10.6. The summed E-state index contributed by atoms with van der Waals surface area (Å²) in [6.45, 7) is 0.197. The molecule has 1 amide bonds. The number of para-hydroxylation sites is 3. The van der Waals surface area contributed by atoms with Gasteiger partial charge in [0, 0.05) is 22.2 Å². The van der Waals surface area contributed by atoms with Crippen LogP contribution in [0.25, 0.3) is 10.9 Å². The van der Waals surface area contributed by atoms with Crippen LogP contribution in [0.2, 0.25) is 5.02 Å². The summed E-state index contributed by atoms with van der Waals surface area (Å²) in [6, 6.07) is 24.0. The van der Waals surface area contributed by atoms with Crippen LogP contribution in [0.3, 0.4) is 0 Å². The summed E-state index contributed by atoms with van der Waals surface area (Å²) >= 11 is 6.26. The Bertz CT molecular complexity index is 1170. The predicted octanol–water partition coefficient (Wildman–Crippen LogP) is 5.48. The Morgan fingerprint density at radius 1 is 0.900 bits per heavy atom. The van der Waals surface area contributed by atoms with Gasteiger partial charge in [-0.1, -0.05) is 48.0 Å². The average molecular weight is 419 g/mol. The molecule has 3 aromatic carbocycles. The maximum Gasteiger partial charge on any atom is 0.262 e. The second kappa shape index (κ2) is 9.29. The van der Waals surface area contributed by atoms with Gasteiger partial charge >= 0.3 is 0 Å². The fraction of sp³-hybridized carbons (Fsp3) is 0.0833. The number of fused-ring (bicyclic) bond motifs is 1. The van der Waals surface area contributed by atoms with Crippen LogP contribution in [0.5, 0.6) is 11.5 Å². The van der Waals surface area contributed by atoms with Gasteiger partial charge in [0.2, 0.25) is 0 Å². The minimum absolute atomic E-state index is 0.0932. The average Bonchev–Trinajstić information content (AvgIpc) is 2.79. The zero-order valence-electron chi connectivity index (χ0n) is 16.0. The SMILES string of the molecule is O=C(COc1ccccc1)Nc1ccccc1OCc1ccc(Cl)c2cccnc12. The van der Waals surface area contributed by atoms with Crippen LogP contribution in [0.4, 0.5) is 5.69 Å². The molecule has 0 bridgehead atoms. The minimum atomic E-state index is -0.270. The van der Waals surface area contributed by atoms with Crippen molar-refractivity contribution in [1.29, 1.82) is 0 Å². The second-order valence-corrected chi connectivity index (χ2v) is 6.95. The van der Waals surface area contributed by atoms with Gasteiger partial charge in [0.1, 0.15) is 18.1 Å². The Morgan fingerprint density at radius 2 is 1.70 bits per heavy atom. The van der Waals surface area contributed by atoms with Gasteiger partial charge in [-0.05, 0) is 42.5 Å². The van der Waals surface area contributed by atoms with Gasteiger partial charge < -0.3 is 14.8 Å². The Morgan fingerprint density at radius 3 is 2.57 bits per heavy atom. The highest BCUT2D eigenvalue weighted by Crippen LogP contribution is 2.28. The van der Waals surface area contributed by atoms with Gasteiger partial charge in [-0.25, -0.2) is 0 Å². The summed E-state index contributed by atoms with van der Waals surface area (Å²) in [6.07, 6.45) is 1.73. The number of anilines is 1. The molecule has 6 heteroatoms. The van der Waals surface area contributed by atoms with Crippen molar-refractivity contribution in [3.05, 3.63) is 95.6 Å². The molecular weight excluding hydrogens is 400 g/mol.